The number of amides is 1. The van der Waals surface area contributed by atoms with E-state index in [1.54, 1.807) is 18.2 Å². The molecule has 1 aromatic carbocycles. The number of aliphatic hydroxyl groups is 1. The van der Waals surface area contributed by atoms with Crippen LogP contribution in [-0.2, 0) is 9.59 Å². The van der Waals surface area contributed by atoms with Crippen molar-refractivity contribution in [3.8, 4) is 5.75 Å². The number of hydrogen-bond acceptors (Lipinski definition) is 4. The molecular weight excluding hydrogens is 353 g/mol. The number of nitrogens with one attached hydrogen (secondary N) is 1. The van der Waals surface area contributed by atoms with Gasteiger partial charge in [0.2, 0.25) is 0 Å². The van der Waals surface area contributed by atoms with E-state index in [0.717, 1.165) is 4.47 Å². The number of halogens is 2. The molecule has 1 aromatic rings. The first-order valence-electron chi connectivity index (χ1n) is 5.65. The van der Waals surface area contributed by atoms with Crippen molar-refractivity contribution in [2.75, 3.05) is 13.2 Å². The maximum atomic E-state index is 11.4. The van der Waals surface area contributed by atoms with E-state index >= 15 is 0 Å². The quantitative estimate of drug-likeness (QED) is 0.678. The zero-order valence-corrected chi connectivity index (χ0v) is 12.6. The fourth-order valence-corrected chi connectivity index (χ4v) is 1.99. The third kappa shape index (κ3) is 5.77. The average Bonchev–Trinajstić information content (AvgIpc) is 2.37. The maximum Gasteiger partial charge on any atom is 0.332 e. The molecule has 1 rings (SSSR count). The summed E-state index contributed by atoms with van der Waals surface area (Å²) in [6.45, 7) is -0.200. The van der Waals surface area contributed by atoms with Gasteiger partial charge in [0.05, 0.1) is 5.02 Å². The lowest BCUT2D eigenvalue weighted by Crippen LogP contribution is -2.33. The lowest BCUT2D eigenvalue weighted by Gasteiger charge is -2.09. The van der Waals surface area contributed by atoms with Gasteiger partial charge in [-0.05, 0) is 18.2 Å². The molecule has 6 nitrogen and oxygen atoms in total. The second-order valence-electron chi connectivity index (χ2n) is 3.86. The van der Waals surface area contributed by atoms with Gasteiger partial charge in [-0.3, -0.25) is 4.79 Å². The van der Waals surface area contributed by atoms with E-state index in [0.29, 0.717) is 10.8 Å². The number of hydrogen-bond donors (Lipinski definition) is 3. The molecule has 0 aromatic heterocycles. The molecule has 1 atom stereocenters. The molecule has 0 fully saturated rings. The minimum Gasteiger partial charge on any atom is -0.482 e. The zero-order valence-electron chi connectivity index (χ0n) is 10.3. The van der Waals surface area contributed by atoms with Crippen LogP contribution < -0.4 is 10.1 Å². The minimum absolute atomic E-state index is 0.0454. The predicted octanol–water partition coefficient (Wildman–Crippen LogP) is 1.43. The molecule has 110 valence electrons. The molecule has 1 unspecified atom stereocenters. The average molecular weight is 367 g/mol. The molecule has 0 radical (unpaired) electrons. The van der Waals surface area contributed by atoms with Gasteiger partial charge in [0.1, 0.15) is 5.75 Å². The molecular formula is C12H13BrClNO5. The number of ether oxygens (including phenoxy) is 1. The van der Waals surface area contributed by atoms with Crippen molar-refractivity contribution >= 4 is 39.4 Å². The van der Waals surface area contributed by atoms with Crippen LogP contribution in [-0.4, -0.2) is 41.3 Å². The highest BCUT2D eigenvalue weighted by Gasteiger charge is 2.13. The first-order chi connectivity index (χ1) is 9.40. The van der Waals surface area contributed by atoms with Gasteiger partial charge in [-0.1, -0.05) is 27.5 Å². The summed E-state index contributed by atoms with van der Waals surface area (Å²) in [5.41, 5.74) is 0. The summed E-state index contributed by atoms with van der Waals surface area (Å²) in [7, 11) is 0. The van der Waals surface area contributed by atoms with E-state index in [-0.39, 0.29) is 19.6 Å². The van der Waals surface area contributed by atoms with Crippen molar-refractivity contribution in [3.63, 3.8) is 0 Å². The molecule has 0 aliphatic rings. The first-order valence-corrected chi connectivity index (χ1v) is 6.82. The molecule has 0 spiro atoms. The number of carboxylic acid groups (broad SMARTS) is 1. The lowest BCUT2D eigenvalue weighted by atomic mass is 10.2. The molecule has 20 heavy (non-hydrogen) atoms. The molecule has 1 amide bonds. The van der Waals surface area contributed by atoms with Gasteiger partial charge in [-0.2, -0.15) is 0 Å². The predicted molar refractivity (Wildman–Crippen MR) is 75.9 cm³/mol. The third-order valence-electron chi connectivity index (χ3n) is 2.28. The second-order valence-corrected chi connectivity index (χ2v) is 5.18. The Morgan fingerprint density at radius 3 is 2.75 bits per heavy atom. The molecule has 0 aliphatic carbocycles. The van der Waals surface area contributed by atoms with Crippen molar-refractivity contribution < 1.29 is 24.5 Å². The third-order valence-corrected chi connectivity index (χ3v) is 3.07. The highest BCUT2D eigenvalue weighted by molar-refractivity contribution is 9.10. The summed E-state index contributed by atoms with van der Waals surface area (Å²) in [6.07, 6.45) is -1.56. The van der Waals surface area contributed by atoms with E-state index in [2.05, 4.69) is 21.2 Å². The topological polar surface area (TPSA) is 95.9 Å². The Kier molecular flexibility index (Phi) is 6.77. The Hall–Kier alpha value is -1.31. The van der Waals surface area contributed by atoms with E-state index in [9.17, 15) is 9.59 Å². The van der Waals surface area contributed by atoms with Crippen LogP contribution in [0.1, 0.15) is 6.42 Å². The summed E-state index contributed by atoms with van der Waals surface area (Å²) in [5.74, 6) is -1.38. The molecule has 0 saturated carbocycles. The molecule has 8 heteroatoms. The molecule has 0 aliphatic heterocycles. The standard InChI is InChI=1S/C12H13BrClNO5/c13-7-1-2-10(8(14)5-7)20-6-11(17)15-4-3-9(16)12(18)19/h1-2,5,9,16H,3-4,6H2,(H,15,17)(H,18,19). The van der Waals surface area contributed by atoms with Gasteiger partial charge in [0.15, 0.2) is 12.7 Å². The van der Waals surface area contributed by atoms with Gasteiger partial charge >= 0.3 is 5.97 Å². The van der Waals surface area contributed by atoms with Gasteiger partial charge in [0, 0.05) is 17.4 Å². The maximum absolute atomic E-state index is 11.4. The Bertz CT molecular complexity index is 497. The van der Waals surface area contributed by atoms with Crippen LogP contribution in [0.3, 0.4) is 0 Å². The van der Waals surface area contributed by atoms with Crippen LogP contribution in [0.4, 0.5) is 0 Å². The van der Waals surface area contributed by atoms with E-state index in [1.807, 2.05) is 0 Å². The normalized spacial score (nSPS) is 11.8. The Labute approximate surface area is 128 Å². The first kappa shape index (κ1) is 16.7. The summed E-state index contributed by atoms with van der Waals surface area (Å²) in [6, 6.07) is 4.98. The Balaban J connectivity index is 2.31. The summed E-state index contributed by atoms with van der Waals surface area (Å²) >= 11 is 9.15. The number of aliphatic hydroxyl groups excluding tert-OH is 1. The molecule has 3 N–H and O–H groups in total. The number of aliphatic carboxylic acids is 1. The van der Waals surface area contributed by atoms with Gasteiger partial charge < -0.3 is 20.3 Å². The number of carbonyl (C=O) groups is 2. The zero-order chi connectivity index (χ0) is 15.1. The van der Waals surface area contributed by atoms with Crippen LogP contribution in [0.15, 0.2) is 22.7 Å². The molecule has 0 bridgehead atoms. The van der Waals surface area contributed by atoms with Gasteiger partial charge in [-0.25, -0.2) is 4.79 Å². The Morgan fingerprint density at radius 1 is 1.45 bits per heavy atom. The number of carbonyl (C=O) groups excluding carboxylic acids is 1. The van der Waals surface area contributed by atoms with Crippen LogP contribution in [0.5, 0.6) is 5.75 Å². The van der Waals surface area contributed by atoms with Crippen molar-refractivity contribution in [1.29, 1.82) is 0 Å². The van der Waals surface area contributed by atoms with Crippen LogP contribution in [0, 0.1) is 0 Å². The van der Waals surface area contributed by atoms with Crippen LogP contribution in [0.2, 0.25) is 5.02 Å². The Morgan fingerprint density at radius 2 is 2.15 bits per heavy atom. The van der Waals surface area contributed by atoms with E-state index in [1.165, 1.54) is 0 Å². The van der Waals surface area contributed by atoms with Gasteiger partial charge in [0.25, 0.3) is 5.91 Å². The fourth-order valence-electron chi connectivity index (χ4n) is 1.26. The van der Waals surface area contributed by atoms with E-state index in [4.69, 9.17) is 26.6 Å². The molecule has 0 heterocycles. The number of rotatable bonds is 7. The minimum atomic E-state index is -1.49. The van der Waals surface area contributed by atoms with E-state index < -0.39 is 18.0 Å². The smallest absolute Gasteiger partial charge is 0.332 e. The SMILES string of the molecule is O=C(COc1ccc(Br)cc1Cl)NCCC(O)C(=O)O. The monoisotopic (exact) mass is 365 g/mol. The van der Waals surface area contributed by atoms with Crippen LogP contribution in [0.25, 0.3) is 0 Å². The fraction of sp³-hybridized carbons (Fsp3) is 0.333. The second kappa shape index (κ2) is 8.08. The number of carboxylic acids is 1. The van der Waals surface area contributed by atoms with Crippen molar-refractivity contribution in [3.05, 3.63) is 27.7 Å². The van der Waals surface area contributed by atoms with Gasteiger partial charge in [-0.15, -0.1) is 0 Å². The van der Waals surface area contributed by atoms with Crippen molar-refractivity contribution in [1.82, 2.24) is 5.32 Å². The summed E-state index contributed by atoms with van der Waals surface area (Å²) in [5, 5.41) is 20.3. The van der Waals surface area contributed by atoms with Crippen molar-refractivity contribution in [2.45, 2.75) is 12.5 Å². The molecule has 0 saturated heterocycles. The van der Waals surface area contributed by atoms with Crippen LogP contribution >= 0.6 is 27.5 Å². The van der Waals surface area contributed by atoms with Crippen molar-refractivity contribution in [2.24, 2.45) is 0 Å². The highest BCUT2D eigenvalue weighted by Crippen LogP contribution is 2.27. The summed E-state index contributed by atoms with van der Waals surface area (Å²) < 4.78 is 6.01. The lowest BCUT2D eigenvalue weighted by molar-refractivity contribution is -0.147. The highest BCUT2D eigenvalue weighted by atomic mass is 79.9. The largest absolute Gasteiger partial charge is 0.482 e. The summed E-state index contributed by atoms with van der Waals surface area (Å²) in [4.78, 5) is 21.8. The number of benzene rings is 1.